The second-order valence-corrected chi connectivity index (χ2v) is 19.6. The molecule has 0 saturated carbocycles. The third kappa shape index (κ3) is 5.85. The van der Waals surface area contributed by atoms with Crippen molar-refractivity contribution < 1.29 is 0 Å². The molecule has 7 aromatic carbocycles. The van der Waals surface area contributed by atoms with Crippen LogP contribution in [0.25, 0.3) is 77.2 Å². The van der Waals surface area contributed by atoms with E-state index in [1.165, 1.54) is 5.56 Å². The number of hydrogen-bond acceptors (Lipinski definition) is 7. The van der Waals surface area contributed by atoms with Crippen LogP contribution in [0.15, 0.2) is 163 Å². The summed E-state index contributed by atoms with van der Waals surface area (Å²) in [4.78, 5) is 0. The van der Waals surface area contributed by atoms with E-state index in [0.29, 0.717) is 33.9 Å². The highest BCUT2D eigenvalue weighted by Gasteiger charge is 2.65. The molecule has 7 aromatic rings. The van der Waals surface area contributed by atoms with E-state index in [9.17, 15) is 36.8 Å². The van der Waals surface area contributed by atoms with Gasteiger partial charge in [-0.3, -0.25) is 0 Å². The molecule has 336 valence electrons. The van der Waals surface area contributed by atoms with Crippen molar-refractivity contribution in [3.8, 4) is 75.9 Å². The zero-order valence-electron chi connectivity index (χ0n) is 39.8. The van der Waals surface area contributed by atoms with Gasteiger partial charge in [-0.2, -0.15) is 36.8 Å². The lowest BCUT2D eigenvalue weighted by molar-refractivity contribution is 0.224. The highest BCUT2D eigenvalue weighted by Crippen LogP contribution is 2.75. The molecular weight excluding hydrogens is 891 g/mol. The first kappa shape index (κ1) is 43.9. The average molecular weight is 928 g/mol. The highest BCUT2D eigenvalue weighted by atomic mass is 14.7. The van der Waals surface area contributed by atoms with Crippen molar-refractivity contribution in [1.29, 1.82) is 36.8 Å². The molecule has 0 bridgehead atoms. The number of rotatable bonds is 5. The second-order valence-electron chi connectivity index (χ2n) is 19.6. The first-order chi connectivity index (χ1) is 35.6. The van der Waals surface area contributed by atoms with E-state index in [1.54, 1.807) is 24.3 Å². The van der Waals surface area contributed by atoms with E-state index in [0.717, 1.165) is 105 Å². The summed E-state index contributed by atoms with van der Waals surface area (Å²) >= 11 is 0. The first-order valence-corrected chi connectivity index (χ1v) is 23.9. The lowest BCUT2D eigenvalue weighted by Crippen LogP contribution is -2.42. The predicted octanol–water partition coefficient (Wildman–Crippen LogP) is 13.9. The zero-order chi connectivity index (χ0) is 50.5. The SMILES string of the molecule is Cc1ccc(C2=C3c4cccc5c4C(C)(CC=C5c4ccc5c6c(-c7ccc(C#N)cc7)c(=C(C#N)C#N)c(-c7ccc(C#N)cc7)c-6c6cccc4c65)C3(C)C(c3ccc(C#N)cc3)C2=C(C#N)C#N)cc1. The number of benzene rings is 7. The van der Waals surface area contributed by atoms with Gasteiger partial charge in [-0.1, -0.05) is 135 Å². The van der Waals surface area contributed by atoms with E-state index in [-0.39, 0.29) is 11.1 Å². The maximum Gasteiger partial charge on any atom is 0.138 e. The molecule has 0 fully saturated rings. The molecule has 0 N–H and O–H groups in total. The van der Waals surface area contributed by atoms with Gasteiger partial charge in [0.15, 0.2) is 0 Å². The van der Waals surface area contributed by atoms with Gasteiger partial charge in [-0.05, 0) is 149 Å². The smallest absolute Gasteiger partial charge is 0.138 e. The van der Waals surface area contributed by atoms with Crippen molar-refractivity contribution in [2.45, 2.75) is 38.5 Å². The average Bonchev–Trinajstić information content (AvgIpc) is 4.13. The Morgan fingerprint density at radius 1 is 0.493 bits per heavy atom. The molecule has 0 radical (unpaired) electrons. The van der Waals surface area contributed by atoms with Crippen molar-refractivity contribution in [1.82, 2.24) is 0 Å². The van der Waals surface area contributed by atoms with Gasteiger partial charge in [0.05, 0.1) is 34.9 Å². The van der Waals surface area contributed by atoms with Crippen LogP contribution in [0.2, 0.25) is 0 Å². The quantitative estimate of drug-likeness (QED) is 0.155. The summed E-state index contributed by atoms with van der Waals surface area (Å²) in [6.45, 7) is 6.70. The Bertz CT molecular complexity index is 4240. The van der Waals surface area contributed by atoms with E-state index in [4.69, 9.17) is 0 Å². The minimum Gasteiger partial charge on any atom is -0.192 e. The minimum absolute atomic E-state index is 0.0357. The fourth-order valence-corrected chi connectivity index (χ4v) is 13.1. The molecule has 0 amide bonds. The van der Waals surface area contributed by atoms with Gasteiger partial charge >= 0.3 is 0 Å². The predicted molar refractivity (Wildman–Crippen MR) is 283 cm³/mol. The Morgan fingerprint density at radius 2 is 1.00 bits per heavy atom. The van der Waals surface area contributed by atoms with Gasteiger partial charge < -0.3 is 0 Å². The van der Waals surface area contributed by atoms with Gasteiger partial charge in [0.1, 0.15) is 35.4 Å². The maximum atomic E-state index is 10.8. The molecule has 5 aliphatic carbocycles. The number of nitriles is 7. The minimum atomic E-state index is -0.658. The first-order valence-electron chi connectivity index (χ1n) is 23.9. The van der Waals surface area contributed by atoms with Crippen molar-refractivity contribution in [2.24, 2.45) is 5.41 Å². The Labute approximate surface area is 422 Å². The van der Waals surface area contributed by atoms with Crippen LogP contribution in [0.4, 0.5) is 0 Å². The van der Waals surface area contributed by atoms with Crippen LogP contribution in [0, 0.1) is 91.7 Å². The number of fused-ring (bicyclic) bond motifs is 6. The van der Waals surface area contributed by atoms with Crippen molar-refractivity contribution in [3.05, 3.63) is 224 Å². The molecular formula is C66H37N7. The van der Waals surface area contributed by atoms with Gasteiger partial charge in [0.25, 0.3) is 0 Å². The van der Waals surface area contributed by atoms with Crippen LogP contribution in [0.1, 0.15) is 81.8 Å². The molecule has 7 heteroatoms. The third-order valence-corrected chi connectivity index (χ3v) is 16.3. The molecule has 3 atom stereocenters. The Hall–Kier alpha value is -10.3. The summed E-state index contributed by atoms with van der Waals surface area (Å²) in [5.74, 6) is -0.407. The highest BCUT2D eigenvalue weighted by molar-refractivity contribution is 6.31. The van der Waals surface area contributed by atoms with E-state index in [1.807, 2.05) is 55.5 Å². The summed E-state index contributed by atoms with van der Waals surface area (Å²) in [5.41, 5.74) is 16.4. The summed E-state index contributed by atoms with van der Waals surface area (Å²) in [5, 5.41) is 76.6. The topological polar surface area (TPSA) is 167 Å². The standard InChI is InChI=1S/C66H37N7/c1-37-10-18-43(19-11-37)57-58(46(35-72)36-73)62(44-24-16-40(32-69)17-25-44)66(3)64(57)53-9-5-7-50-48(28-29-65(66,2)63(50)53)47-26-27-52-59-49(47)6-4-8-51(59)60-54(41-20-12-38(30-67)13-21-41)56(45(33-70)34-71)55(61(52)60)42-22-14-39(31-68)15-23-42/h4-28,62H,29H2,1-3H3. The normalized spacial score (nSPS) is 18.2. The molecule has 0 spiro atoms. The van der Waals surface area contributed by atoms with E-state index >= 15 is 0 Å². The molecule has 0 heterocycles. The van der Waals surface area contributed by atoms with Crippen LogP contribution in [0.3, 0.4) is 0 Å². The van der Waals surface area contributed by atoms with Crippen molar-refractivity contribution in [2.75, 3.05) is 0 Å². The number of allylic oxidation sites excluding steroid dienone is 5. The Kier molecular flexibility index (Phi) is 9.70. The lowest BCUT2D eigenvalue weighted by Gasteiger charge is -2.47. The number of nitrogens with zero attached hydrogens (tertiary/aromatic N) is 7. The Balaban J connectivity index is 1.15. The summed E-state index contributed by atoms with van der Waals surface area (Å²) in [6, 6.07) is 63.5. The lowest BCUT2D eigenvalue weighted by atomic mass is 9.54. The van der Waals surface area contributed by atoms with Crippen LogP contribution in [-0.4, -0.2) is 0 Å². The molecule has 3 unspecified atom stereocenters. The third-order valence-electron chi connectivity index (χ3n) is 16.3. The van der Waals surface area contributed by atoms with E-state index in [2.05, 4.69) is 135 Å². The fraction of sp³-hybridized carbons (Fsp3) is 0.106. The van der Waals surface area contributed by atoms with Crippen LogP contribution >= 0.6 is 0 Å². The monoisotopic (exact) mass is 927 g/mol. The van der Waals surface area contributed by atoms with Gasteiger partial charge in [-0.25, -0.2) is 0 Å². The van der Waals surface area contributed by atoms with Gasteiger partial charge in [-0.15, -0.1) is 0 Å². The fourth-order valence-electron chi connectivity index (χ4n) is 13.1. The number of hydrogen-bond donors (Lipinski definition) is 0. The second kappa shape index (κ2) is 16.1. The molecule has 12 rings (SSSR count). The van der Waals surface area contributed by atoms with Crippen LogP contribution in [0.5, 0.6) is 0 Å². The molecule has 73 heavy (non-hydrogen) atoms. The van der Waals surface area contributed by atoms with E-state index < -0.39 is 16.7 Å². The van der Waals surface area contributed by atoms with Crippen molar-refractivity contribution in [3.63, 3.8) is 0 Å². The maximum absolute atomic E-state index is 10.8. The zero-order valence-corrected chi connectivity index (χ0v) is 39.8. The number of aryl methyl sites for hydroxylation is 1. The molecule has 7 nitrogen and oxygen atoms in total. The van der Waals surface area contributed by atoms with Gasteiger partial charge in [0.2, 0.25) is 0 Å². The Morgan fingerprint density at radius 3 is 1.56 bits per heavy atom. The summed E-state index contributed by atoms with van der Waals surface area (Å²) < 4.78 is 0. The molecule has 0 saturated heterocycles. The summed E-state index contributed by atoms with van der Waals surface area (Å²) in [7, 11) is 0. The summed E-state index contributed by atoms with van der Waals surface area (Å²) in [6.07, 6.45) is 3.01. The molecule has 0 aromatic heterocycles. The van der Waals surface area contributed by atoms with Crippen molar-refractivity contribution >= 4 is 43.8 Å². The van der Waals surface area contributed by atoms with Gasteiger partial charge in [0, 0.05) is 33.1 Å². The largest absolute Gasteiger partial charge is 0.192 e. The van der Waals surface area contributed by atoms with Crippen LogP contribution in [-0.2, 0) is 5.41 Å². The molecule has 0 aliphatic heterocycles. The molecule has 5 aliphatic rings. The van der Waals surface area contributed by atoms with Crippen LogP contribution < -0.4 is 5.22 Å².